The Morgan fingerprint density at radius 2 is 2.33 bits per heavy atom. The number of ether oxygens (including phenoxy) is 2. The first-order valence-electron chi connectivity index (χ1n) is 5.94. The molecule has 98 valence electrons. The van der Waals surface area contributed by atoms with Gasteiger partial charge in [0.1, 0.15) is 11.4 Å². The number of methoxy groups -OCH3 is 1. The Balaban J connectivity index is 2.12. The SMILES string of the molecule is COc1ccc(NC(=O)C2(C)CCCO2)c(N)c1. The molecule has 0 spiro atoms. The van der Waals surface area contributed by atoms with E-state index in [1.165, 1.54) is 0 Å². The lowest BCUT2D eigenvalue weighted by atomic mass is 10.0. The Morgan fingerprint density at radius 1 is 1.56 bits per heavy atom. The summed E-state index contributed by atoms with van der Waals surface area (Å²) in [6.45, 7) is 2.43. The molecule has 1 amide bonds. The average Bonchev–Trinajstić information content (AvgIpc) is 2.80. The number of carbonyl (C=O) groups excluding carboxylic acids is 1. The summed E-state index contributed by atoms with van der Waals surface area (Å²) in [4.78, 5) is 12.1. The van der Waals surface area contributed by atoms with Crippen molar-refractivity contribution >= 4 is 17.3 Å². The molecule has 18 heavy (non-hydrogen) atoms. The molecule has 0 bridgehead atoms. The first-order chi connectivity index (χ1) is 8.55. The van der Waals surface area contributed by atoms with Gasteiger partial charge in [-0.2, -0.15) is 0 Å². The van der Waals surface area contributed by atoms with Crippen LogP contribution in [0.15, 0.2) is 18.2 Å². The maximum absolute atomic E-state index is 12.1. The lowest BCUT2D eigenvalue weighted by Gasteiger charge is -2.22. The van der Waals surface area contributed by atoms with E-state index in [9.17, 15) is 4.79 Å². The summed E-state index contributed by atoms with van der Waals surface area (Å²) >= 11 is 0. The first-order valence-corrected chi connectivity index (χ1v) is 5.94. The van der Waals surface area contributed by atoms with E-state index >= 15 is 0 Å². The topological polar surface area (TPSA) is 73.6 Å². The summed E-state index contributed by atoms with van der Waals surface area (Å²) in [5.41, 5.74) is 6.17. The number of rotatable bonds is 3. The van der Waals surface area contributed by atoms with Crippen LogP contribution in [-0.4, -0.2) is 25.2 Å². The van der Waals surface area contributed by atoms with Gasteiger partial charge in [0.2, 0.25) is 0 Å². The molecular formula is C13H18N2O3. The molecule has 2 rings (SSSR count). The van der Waals surface area contributed by atoms with Gasteiger partial charge < -0.3 is 20.5 Å². The molecule has 3 N–H and O–H groups in total. The van der Waals surface area contributed by atoms with E-state index in [1.54, 1.807) is 32.2 Å². The summed E-state index contributed by atoms with van der Waals surface area (Å²) in [6, 6.07) is 5.15. The van der Waals surface area contributed by atoms with E-state index in [2.05, 4.69) is 5.32 Å². The zero-order chi connectivity index (χ0) is 13.2. The van der Waals surface area contributed by atoms with Crippen molar-refractivity contribution in [3.05, 3.63) is 18.2 Å². The van der Waals surface area contributed by atoms with Crippen LogP contribution in [0.4, 0.5) is 11.4 Å². The highest BCUT2D eigenvalue weighted by atomic mass is 16.5. The van der Waals surface area contributed by atoms with Gasteiger partial charge in [0, 0.05) is 12.7 Å². The molecule has 1 saturated heterocycles. The van der Waals surface area contributed by atoms with Gasteiger partial charge in [-0.3, -0.25) is 4.79 Å². The minimum atomic E-state index is -0.744. The molecule has 1 aliphatic rings. The van der Waals surface area contributed by atoms with Crippen LogP contribution >= 0.6 is 0 Å². The van der Waals surface area contributed by atoms with Crippen molar-refractivity contribution in [2.45, 2.75) is 25.4 Å². The van der Waals surface area contributed by atoms with Gasteiger partial charge >= 0.3 is 0 Å². The fourth-order valence-corrected chi connectivity index (χ4v) is 1.99. The van der Waals surface area contributed by atoms with E-state index in [0.29, 0.717) is 23.7 Å². The van der Waals surface area contributed by atoms with Crippen molar-refractivity contribution < 1.29 is 14.3 Å². The predicted octanol–water partition coefficient (Wildman–Crippen LogP) is 1.78. The van der Waals surface area contributed by atoms with Crippen molar-refractivity contribution in [3.63, 3.8) is 0 Å². The molecular weight excluding hydrogens is 232 g/mol. The largest absolute Gasteiger partial charge is 0.497 e. The second-order valence-corrected chi connectivity index (χ2v) is 4.59. The van der Waals surface area contributed by atoms with Crippen LogP contribution in [0.1, 0.15) is 19.8 Å². The van der Waals surface area contributed by atoms with Gasteiger partial charge in [0.25, 0.3) is 5.91 Å². The normalized spacial score (nSPS) is 22.8. The number of nitrogen functional groups attached to an aromatic ring is 1. The summed E-state index contributed by atoms with van der Waals surface area (Å²) in [5, 5.41) is 2.80. The van der Waals surface area contributed by atoms with Crippen molar-refractivity contribution in [3.8, 4) is 5.75 Å². The quantitative estimate of drug-likeness (QED) is 0.802. The van der Waals surface area contributed by atoms with E-state index in [1.807, 2.05) is 0 Å². The minimum Gasteiger partial charge on any atom is -0.497 e. The van der Waals surface area contributed by atoms with Gasteiger partial charge in [-0.1, -0.05) is 0 Å². The van der Waals surface area contributed by atoms with Crippen molar-refractivity contribution in [2.24, 2.45) is 0 Å². The predicted molar refractivity (Wildman–Crippen MR) is 69.6 cm³/mol. The fourth-order valence-electron chi connectivity index (χ4n) is 1.99. The Bertz CT molecular complexity index is 454. The average molecular weight is 250 g/mol. The maximum atomic E-state index is 12.1. The third-order valence-corrected chi connectivity index (χ3v) is 3.21. The number of amides is 1. The van der Waals surface area contributed by atoms with Crippen LogP contribution in [-0.2, 0) is 9.53 Å². The van der Waals surface area contributed by atoms with Crippen molar-refractivity contribution in [1.29, 1.82) is 0 Å². The van der Waals surface area contributed by atoms with Crippen molar-refractivity contribution in [2.75, 3.05) is 24.8 Å². The smallest absolute Gasteiger partial charge is 0.256 e. The van der Waals surface area contributed by atoms with Gasteiger partial charge in [-0.15, -0.1) is 0 Å². The molecule has 5 heteroatoms. The summed E-state index contributed by atoms with van der Waals surface area (Å²) < 4.78 is 10.5. The fraction of sp³-hybridized carbons (Fsp3) is 0.462. The lowest BCUT2D eigenvalue weighted by molar-refractivity contribution is -0.133. The van der Waals surface area contributed by atoms with Gasteiger partial charge in [-0.25, -0.2) is 0 Å². The number of benzene rings is 1. The van der Waals surface area contributed by atoms with Crippen LogP contribution in [0.25, 0.3) is 0 Å². The molecule has 0 aliphatic carbocycles. The number of carbonyl (C=O) groups is 1. The molecule has 0 radical (unpaired) electrons. The Morgan fingerprint density at radius 3 is 2.89 bits per heavy atom. The van der Waals surface area contributed by atoms with Gasteiger partial charge in [0.15, 0.2) is 0 Å². The van der Waals surface area contributed by atoms with Crippen LogP contribution in [0, 0.1) is 0 Å². The Labute approximate surface area is 106 Å². The van der Waals surface area contributed by atoms with Gasteiger partial charge in [0.05, 0.1) is 18.5 Å². The first kappa shape index (κ1) is 12.7. The molecule has 1 aromatic rings. The zero-order valence-electron chi connectivity index (χ0n) is 10.7. The second-order valence-electron chi connectivity index (χ2n) is 4.59. The number of hydrogen-bond acceptors (Lipinski definition) is 4. The van der Waals surface area contributed by atoms with Crippen molar-refractivity contribution in [1.82, 2.24) is 0 Å². The molecule has 0 saturated carbocycles. The van der Waals surface area contributed by atoms with E-state index in [4.69, 9.17) is 15.2 Å². The Kier molecular flexibility index (Phi) is 3.43. The minimum absolute atomic E-state index is 0.156. The highest BCUT2D eigenvalue weighted by Crippen LogP contribution is 2.29. The molecule has 1 aromatic carbocycles. The van der Waals surface area contributed by atoms with E-state index in [-0.39, 0.29) is 5.91 Å². The number of nitrogens with one attached hydrogen (secondary N) is 1. The second kappa shape index (κ2) is 4.86. The summed E-state index contributed by atoms with van der Waals surface area (Å²) in [5.74, 6) is 0.505. The third-order valence-electron chi connectivity index (χ3n) is 3.21. The molecule has 1 unspecified atom stereocenters. The molecule has 0 aromatic heterocycles. The van der Waals surface area contributed by atoms with Crippen LogP contribution in [0.5, 0.6) is 5.75 Å². The van der Waals surface area contributed by atoms with Crippen LogP contribution < -0.4 is 15.8 Å². The molecule has 1 heterocycles. The molecule has 5 nitrogen and oxygen atoms in total. The standard InChI is InChI=1S/C13H18N2O3/c1-13(6-3-7-18-13)12(16)15-11-5-4-9(17-2)8-10(11)14/h4-5,8H,3,6-7,14H2,1-2H3,(H,15,16). The van der Waals surface area contributed by atoms with E-state index < -0.39 is 5.60 Å². The summed E-state index contributed by atoms with van der Waals surface area (Å²) in [7, 11) is 1.57. The zero-order valence-corrected chi connectivity index (χ0v) is 10.7. The molecule has 1 fully saturated rings. The monoisotopic (exact) mass is 250 g/mol. The van der Waals surface area contributed by atoms with Crippen LogP contribution in [0.3, 0.4) is 0 Å². The van der Waals surface area contributed by atoms with Crippen LogP contribution in [0.2, 0.25) is 0 Å². The summed E-state index contributed by atoms with van der Waals surface area (Å²) in [6.07, 6.45) is 1.64. The molecule has 1 atom stereocenters. The number of hydrogen-bond donors (Lipinski definition) is 2. The maximum Gasteiger partial charge on any atom is 0.256 e. The third kappa shape index (κ3) is 2.41. The number of nitrogens with two attached hydrogens (primary N) is 1. The van der Waals surface area contributed by atoms with Gasteiger partial charge in [-0.05, 0) is 31.9 Å². The van der Waals surface area contributed by atoms with E-state index in [0.717, 1.165) is 12.8 Å². The lowest BCUT2D eigenvalue weighted by Crippen LogP contribution is -2.39. The number of anilines is 2. The molecule has 1 aliphatic heterocycles. The highest BCUT2D eigenvalue weighted by Gasteiger charge is 2.37. The Hall–Kier alpha value is -1.75. The highest BCUT2D eigenvalue weighted by molar-refractivity contribution is 5.99.